The largest absolute Gasteiger partial charge is 0.756 e. The van der Waals surface area contributed by atoms with E-state index < -0.39 is 32.5 Å². The van der Waals surface area contributed by atoms with Crippen LogP contribution < -0.4 is 4.89 Å². The zero-order chi connectivity index (χ0) is 42.1. The van der Waals surface area contributed by atoms with Crippen LogP contribution in [0.25, 0.3) is 0 Å². The van der Waals surface area contributed by atoms with Gasteiger partial charge in [-0.25, -0.2) is 0 Å². The predicted octanol–water partition coefficient (Wildman–Crippen LogP) is 11.6. The first kappa shape index (κ1) is 53.9. The zero-order valence-electron chi connectivity index (χ0n) is 36.2. The first-order chi connectivity index (χ1) is 27.5. The predicted molar refractivity (Wildman–Crippen MR) is 235 cm³/mol. The van der Waals surface area contributed by atoms with Crippen LogP contribution in [0.15, 0.2) is 97.2 Å². The normalized spacial score (nSPS) is 14.6. The van der Waals surface area contributed by atoms with E-state index in [4.69, 9.17) is 18.5 Å². The van der Waals surface area contributed by atoms with E-state index in [1.165, 1.54) is 19.3 Å². The van der Waals surface area contributed by atoms with Gasteiger partial charge in [0.15, 0.2) is 6.10 Å². The summed E-state index contributed by atoms with van der Waals surface area (Å²) in [6, 6.07) is 0. The van der Waals surface area contributed by atoms with Gasteiger partial charge in [0.1, 0.15) is 19.8 Å². The fourth-order valence-corrected chi connectivity index (χ4v) is 5.85. The van der Waals surface area contributed by atoms with Crippen molar-refractivity contribution in [3.8, 4) is 0 Å². The summed E-state index contributed by atoms with van der Waals surface area (Å²) >= 11 is 0. The number of allylic oxidation sites excluding steroid dienone is 16. The maximum atomic E-state index is 12.6. The average molecular weight is 816 g/mol. The van der Waals surface area contributed by atoms with Crippen molar-refractivity contribution >= 4 is 19.8 Å². The van der Waals surface area contributed by atoms with E-state index in [0.717, 1.165) is 77.0 Å². The molecule has 0 bridgehead atoms. The van der Waals surface area contributed by atoms with Crippen molar-refractivity contribution in [2.75, 3.05) is 47.5 Å². The number of phosphoric acid groups is 1. The molecule has 0 spiro atoms. The molecule has 0 rings (SSSR count). The summed E-state index contributed by atoms with van der Waals surface area (Å²) in [6.07, 6.45) is 50.1. The molecule has 0 saturated heterocycles. The third-order valence-electron chi connectivity index (χ3n) is 8.44. The molecule has 0 radical (unpaired) electrons. The number of likely N-dealkylation sites (N-methyl/N-ethyl adjacent to an activating group) is 1. The molecule has 0 aliphatic heterocycles. The van der Waals surface area contributed by atoms with Crippen LogP contribution in [0.4, 0.5) is 0 Å². The van der Waals surface area contributed by atoms with E-state index in [2.05, 4.69) is 74.6 Å². The number of nitrogens with zero attached hydrogens (tertiary/aromatic N) is 1. The van der Waals surface area contributed by atoms with E-state index in [1.807, 2.05) is 57.6 Å². The number of hydrogen-bond acceptors (Lipinski definition) is 8. The number of rotatable bonds is 37. The third-order valence-corrected chi connectivity index (χ3v) is 9.41. The van der Waals surface area contributed by atoms with Crippen LogP contribution in [0, 0.1) is 0 Å². The molecule has 0 aliphatic rings. The van der Waals surface area contributed by atoms with Gasteiger partial charge < -0.3 is 27.9 Å². The Balaban J connectivity index is 4.42. The molecule has 57 heavy (non-hydrogen) atoms. The van der Waals surface area contributed by atoms with Crippen LogP contribution in [-0.4, -0.2) is 70.0 Å². The summed E-state index contributed by atoms with van der Waals surface area (Å²) in [4.78, 5) is 37.5. The number of quaternary nitrogens is 1. The highest BCUT2D eigenvalue weighted by atomic mass is 31.2. The van der Waals surface area contributed by atoms with Gasteiger partial charge in [-0.2, -0.15) is 0 Å². The van der Waals surface area contributed by atoms with E-state index in [1.54, 1.807) is 0 Å². The number of ether oxygens (including phenoxy) is 2. The molecule has 10 heteroatoms. The molecule has 9 nitrogen and oxygen atoms in total. The van der Waals surface area contributed by atoms with Crippen LogP contribution in [0.3, 0.4) is 0 Å². The Morgan fingerprint density at radius 3 is 1.63 bits per heavy atom. The average Bonchev–Trinajstić information content (AvgIpc) is 3.16. The lowest BCUT2D eigenvalue weighted by Crippen LogP contribution is -2.37. The standard InChI is InChI=1S/C47H78NO8P/c1-6-8-10-12-14-16-18-20-21-22-23-24-25-26-28-29-31-33-35-37-39-46(49)53-43-45(44-55-57(51,52)54-42-41-48(3,4)5)56-47(50)40-38-36-34-32-30-27-19-17-15-13-11-9-7-2/h8-11,13-17,19-21,23-24,27,30,45H,6-7,12,18,22,25-26,28-29,31-44H2,1-5H3/b10-8+,11-9+,15-13+,16-14+,19-17+,21-20+,24-23+,30-27+. The Morgan fingerprint density at radius 2 is 1.04 bits per heavy atom. The first-order valence-corrected chi connectivity index (χ1v) is 23.0. The number of esters is 2. The third kappa shape index (κ3) is 42.4. The Labute approximate surface area is 347 Å². The Bertz CT molecular complexity index is 1290. The second-order valence-electron chi connectivity index (χ2n) is 15.0. The Kier molecular flexibility index (Phi) is 36.4. The lowest BCUT2D eigenvalue weighted by Gasteiger charge is -2.28. The smallest absolute Gasteiger partial charge is 0.306 e. The molecule has 0 fully saturated rings. The number of carbonyl (C=O) groups excluding carboxylic acids is 2. The van der Waals surface area contributed by atoms with Gasteiger partial charge in [0, 0.05) is 12.8 Å². The quantitative estimate of drug-likeness (QED) is 0.0152. The van der Waals surface area contributed by atoms with Gasteiger partial charge in [-0.3, -0.25) is 14.2 Å². The van der Waals surface area contributed by atoms with Crippen molar-refractivity contribution in [2.24, 2.45) is 0 Å². The first-order valence-electron chi connectivity index (χ1n) is 21.5. The van der Waals surface area contributed by atoms with Gasteiger partial charge in [-0.15, -0.1) is 0 Å². The van der Waals surface area contributed by atoms with Crippen molar-refractivity contribution in [1.29, 1.82) is 0 Å². The van der Waals surface area contributed by atoms with Crippen molar-refractivity contribution in [2.45, 2.75) is 142 Å². The number of unbranched alkanes of at least 4 members (excludes halogenated alkanes) is 10. The maximum Gasteiger partial charge on any atom is 0.306 e. The minimum atomic E-state index is -4.64. The van der Waals surface area contributed by atoms with Crippen molar-refractivity contribution in [3.05, 3.63) is 97.2 Å². The van der Waals surface area contributed by atoms with E-state index >= 15 is 0 Å². The SMILES string of the molecule is CC/C=C/C=C/C=C/C=C/CCCCCC(=O)OC(COC(=O)CCCCCCCCC/C=C/C/C=C/C/C=C/C/C=C/CC)COP(=O)([O-])OCC[N+](C)(C)C. The van der Waals surface area contributed by atoms with Gasteiger partial charge in [0.2, 0.25) is 0 Å². The van der Waals surface area contributed by atoms with Gasteiger partial charge in [-0.1, -0.05) is 150 Å². The monoisotopic (exact) mass is 816 g/mol. The minimum Gasteiger partial charge on any atom is -0.756 e. The highest BCUT2D eigenvalue weighted by molar-refractivity contribution is 7.45. The molecule has 0 aromatic heterocycles. The fourth-order valence-electron chi connectivity index (χ4n) is 5.12. The summed E-state index contributed by atoms with van der Waals surface area (Å²) in [7, 11) is 1.11. The molecule has 324 valence electrons. The van der Waals surface area contributed by atoms with Crippen LogP contribution in [0.5, 0.6) is 0 Å². The molecular weight excluding hydrogens is 737 g/mol. The van der Waals surface area contributed by atoms with E-state index in [0.29, 0.717) is 23.9 Å². The number of hydrogen-bond donors (Lipinski definition) is 0. The zero-order valence-corrected chi connectivity index (χ0v) is 37.1. The number of phosphoric ester groups is 1. The highest BCUT2D eigenvalue weighted by Gasteiger charge is 2.21. The Hall–Kier alpha value is -3.07. The van der Waals surface area contributed by atoms with Crippen LogP contribution >= 0.6 is 7.82 Å². The summed E-state index contributed by atoms with van der Waals surface area (Å²) in [5.41, 5.74) is 0. The fraction of sp³-hybridized carbons (Fsp3) is 0.617. The van der Waals surface area contributed by atoms with Gasteiger partial charge in [0.25, 0.3) is 7.82 Å². The van der Waals surface area contributed by atoms with E-state index in [9.17, 15) is 19.0 Å². The van der Waals surface area contributed by atoms with Crippen LogP contribution in [-0.2, 0) is 32.7 Å². The molecule has 2 atom stereocenters. The topological polar surface area (TPSA) is 111 Å². The summed E-state index contributed by atoms with van der Waals surface area (Å²) in [5, 5.41) is 0. The van der Waals surface area contributed by atoms with Crippen molar-refractivity contribution < 1.29 is 42.1 Å². The van der Waals surface area contributed by atoms with Crippen molar-refractivity contribution in [3.63, 3.8) is 0 Å². The van der Waals surface area contributed by atoms with Crippen LogP contribution in [0.2, 0.25) is 0 Å². The van der Waals surface area contributed by atoms with Crippen molar-refractivity contribution in [1.82, 2.24) is 0 Å². The molecule has 0 N–H and O–H groups in total. The number of carbonyl (C=O) groups is 2. The van der Waals surface area contributed by atoms with Gasteiger partial charge in [-0.05, 0) is 70.6 Å². The van der Waals surface area contributed by atoms with E-state index in [-0.39, 0.29) is 26.1 Å². The molecule has 0 saturated carbocycles. The molecule has 2 unspecified atom stereocenters. The molecule has 0 aliphatic carbocycles. The van der Waals surface area contributed by atoms with Gasteiger partial charge >= 0.3 is 11.9 Å². The second-order valence-corrected chi connectivity index (χ2v) is 16.4. The summed E-state index contributed by atoms with van der Waals surface area (Å²) < 4.78 is 33.8. The van der Waals surface area contributed by atoms with Gasteiger partial charge in [0.05, 0.1) is 27.7 Å². The molecule has 0 heterocycles. The maximum absolute atomic E-state index is 12.6. The summed E-state index contributed by atoms with van der Waals surface area (Å²) in [6.45, 7) is 3.88. The minimum absolute atomic E-state index is 0.0467. The van der Waals surface area contributed by atoms with Crippen LogP contribution in [0.1, 0.15) is 136 Å². The molecule has 0 aromatic rings. The lowest BCUT2D eigenvalue weighted by molar-refractivity contribution is -0.870. The Morgan fingerprint density at radius 1 is 0.561 bits per heavy atom. The molecule has 0 aromatic carbocycles. The highest BCUT2D eigenvalue weighted by Crippen LogP contribution is 2.38. The second kappa shape index (κ2) is 38.4. The molecule has 0 amide bonds. The summed E-state index contributed by atoms with van der Waals surface area (Å²) in [5.74, 6) is -0.905. The molecular formula is C47H78NO8P. The lowest BCUT2D eigenvalue weighted by atomic mass is 10.1.